The van der Waals surface area contributed by atoms with Gasteiger partial charge in [-0.3, -0.25) is 33.6 Å². The van der Waals surface area contributed by atoms with E-state index in [2.05, 4.69) is 16.0 Å². The lowest BCUT2D eigenvalue weighted by molar-refractivity contribution is -0.347. The molecule has 5 aromatic rings. The number of ketones is 1. The highest BCUT2D eigenvalue weighted by Crippen LogP contribution is 2.65. The van der Waals surface area contributed by atoms with Gasteiger partial charge in [0, 0.05) is 84.5 Å². The summed E-state index contributed by atoms with van der Waals surface area (Å²) >= 11 is 0. The Morgan fingerprint density at radius 2 is 1.40 bits per heavy atom. The number of nitrogens with one attached hydrogen (secondary N) is 3. The highest BCUT2D eigenvalue weighted by atomic mass is 19.1. The van der Waals surface area contributed by atoms with Gasteiger partial charge in [0.05, 0.1) is 47.8 Å². The second-order valence-electron chi connectivity index (χ2n) is 26.4. The number of ether oxygens (including phenoxy) is 6. The lowest BCUT2D eigenvalue weighted by Gasteiger charge is -2.67. The molecule has 2 heterocycles. The number of carbonyl (C=O) groups is 7. The Balaban J connectivity index is 0.933. The normalized spacial score (nSPS) is 25.0. The minimum atomic E-state index is -2.54. The molecule has 97 heavy (non-hydrogen) atoms. The number of benzene rings is 6. The molecule has 2 aliphatic heterocycles. The summed E-state index contributed by atoms with van der Waals surface area (Å²) < 4.78 is 74.8. The Hall–Kier alpha value is -9.52. The molecule has 0 spiro atoms. The molecule has 23 heteroatoms. The van der Waals surface area contributed by atoms with Gasteiger partial charge in [-0.2, -0.15) is 0 Å². The number of amides is 2. The first-order chi connectivity index (χ1) is 46.0. The van der Waals surface area contributed by atoms with Crippen LogP contribution in [0.4, 0.5) is 14.5 Å². The van der Waals surface area contributed by atoms with Crippen LogP contribution in [0.5, 0.6) is 0 Å². The van der Waals surface area contributed by atoms with Crippen molar-refractivity contribution in [2.75, 3.05) is 18.5 Å². The van der Waals surface area contributed by atoms with E-state index in [-0.39, 0.29) is 74.8 Å². The number of hydrogen-bond donors (Lipinski definition) is 6. The van der Waals surface area contributed by atoms with Crippen LogP contribution in [-0.2, 0) is 47.6 Å². The summed E-state index contributed by atoms with van der Waals surface area (Å²) in [6, 6.07) is 31.9. The van der Waals surface area contributed by atoms with E-state index in [4.69, 9.17) is 32.8 Å². The van der Waals surface area contributed by atoms with Crippen molar-refractivity contribution in [3.8, 4) is 22.5 Å². The number of esters is 4. The molecular weight excluding hydrogens is 1260 g/mol. The van der Waals surface area contributed by atoms with Crippen molar-refractivity contribution < 1.29 is 90.5 Å². The van der Waals surface area contributed by atoms with Crippen LogP contribution in [0, 0.1) is 35.3 Å². The van der Waals surface area contributed by atoms with Crippen molar-refractivity contribution in [1.82, 2.24) is 10.6 Å². The lowest BCUT2D eigenvalue weighted by Crippen LogP contribution is -2.82. The number of aliphatic hydroxyl groups excluding tert-OH is 2. The maximum atomic E-state index is 16.6. The third-order valence-electron chi connectivity index (χ3n) is 19.5. The summed E-state index contributed by atoms with van der Waals surface area (Å²) in [5.74, 6) is -9.48. The average Bonchev–Trinajstić information content (AvgIpc) is 0.666. The number of Topliss-reactive ketones (excluding diaryl/α,β-unsaturated/α-hetero) is 1. The molecule has 6 aliphatic rings. The fourth-order valence-electron chi connectivity index (χ4n) is 14.7. The van der Waals surface area contributed by atoms with Gasteiger partial charge in [-0.25, -0.2) is 13.6 Å². The molecule has 5 aromatic carbocycles. The standard InChI is InChI=1S/C74H75F2N3O18/c1-37(2)78-51-32-53-47(30-49(51)75)59(48-31-50(76)52(82)33-54(48)93-53)46-26-25-45(29-38(46)3)67(86)77-28-27-58(83)95-56-34-57-73(36-91-57,97-41(6)81)64-66(96-69(88)44-23-17-12-18-24-44)74(90)35-55(39(4)60(71(74,7)8)63(92-40(5)80)65(85)72(56,64)9)94-70(89)62(84)61(42-19-13-10-14-20-42)79-68(87)43-21-15-11-16-22-43/h10-26,29-33,37,55-57,61-64,66,70,78,84,89-90H,27-28,34-36H2,1-9H3,(H,77,86)(H,79,87)/t55-,56-,57+,61-,62+,63+,64?,66-,70?,72+,73-,74+/m0/s1. The number of carbonyl (C=O) groups excluding carboxylic acids is 7. The van der Waals surface area contributed by atoms with E-state index < -0.39 is 155 Å². The van der Waals surface area contributed by atoms with Crippen LogP contribution in [0.2, 0.25) is 0 Å². The average molecular weight is 1330 g/mol. The zero-order chi connectivity index (χ0) is 69.8. The minimum absolute atomic E-state index is 0.0122. The molecule has 0 radical (unpaired) electrons. The molecule has 0 aromatic heterocycles. The molecule has 12 atom stereocenters. The fraction of sp³-hybridized carbons (Fsp3) is 0.378. The van der Waals surface area contributed by atoms with Gasteiger partial charge in [0.25, 0.3) is 11.8 Å². The van der Waals surface area contributed by atoms with E-state index in [0.29, 0.717) is 22.3 Å². The molecule has 2 bridgehead atoms. The predicted octanol–water partition coefficient (Wildman–Crippen LogP) is 9.18. The molecule has 21 nitrogen and oxygen atoms in total. The van der Waals surface area contributed by atoms with E-state index in [9.17, 15) is 48.9 Å². The first-order valence-electron chi connectivity index (χ1n) is 31.9. The predicted molar refractivity (Wildman–Crippen MR) is 347 cm³/mol. The summed E-state index contributed by atoms with van der Waals surface area (Å²) in [4.78, 5) is 114. The smallest absolute Gasteiger partial charge is 0.338 e. The third kappa shape index (κ3) is 12.7. The van der Waals surface area contributed by atoms with Crippen LogP contribution in [0.15, 0.2) is 154 Å². The fourth-order valence-corrected chi connectivity index (χ4v) is 14.7. The molecular formula is C74H75F2N3O18. The highest BCUT2D eigenvalue weighted by molar-refractivity contribution is 6.04. The van der Waals surface area contributed by atoms with E-state index >= 15 is 13.6 Å². The molecule has 508 valence electrons. The van der Waals surface area contributed by atoms with Crippen molar-refractivity contribution in [1.29, 1.82) is 0 Å². The Bertz CT molecular complexity index is 4310. The van der Waals surface area contributed by atoms with Crippen molar-refractivity contribution in [3.63, 3.8) is 0 Å². The lowest BCUT2D eigenvalue weighted by atomic mass is 9.44. The zero-order valence-electron chi connectivity index (χ0n) is 54.7. The van der Waals surface area contributed by atoms with Crippen LogP contribution in [0.1, 0.15) is 123 Å². The van der Waals surface area contributed by atoms with E-state index in [1.54, 1.807) is 91.9 Å². The quantitative estimate of drug-likeness (QED) is 0.0144. The molecule has 1 saturated heterocycles. The summed E-state index contributed by atoms with van der Waals surface area (Å²) in [5, 5.41) is 47.4. The van der Waals surface area contributed by atoms with E-state index in [1.165, 1.54) is 64.1 Å². The second-order valence-corrected chi connectivity index (χ2v) is 26.4. The molecule has 2 saturated carbocycles. The largest absolute Gasteiger partial charge is 0.461 e. The molecule has 3 fully saturated rings. The molecule has 11 rings (SSSR count). The van der Waals surface area contributed by atoms with Crippen molar-refractivity contribution in [3.05, 3.63) is 194 Å². The minimum Gasteiger partial charge on any atom is -0.461 e. The first kappa shape index (κ1) is 68.9. The number of fused-ring (bicyclic) bond motifs is 7. The zero-order valence-corrected chi connectivity index (χ0v) is 54.7. The van der Waals surface area contributed by atoms with Gasteiger partial charge in [0.15, 0.2) is 29.6 Å². The number of hydrogen-bond acceptors (Lipinski definition) is 19. The Morgan fingerprint density at radius 1 is 0.742 bits per heavy atom. The summed E-state index contributed by atoms with van der Waals surface area (Å²) in [6.07, 6.45) is -14.0. The Labute approximate surface area is 556 Å². The number of aryl methyl sites for hydroxylation is 1. The number of halogens is 2. The summed E-state index contributed by atoms with van der Waals surface area (Å²) in [7, 11) is 0. The first-order valence-corrected chi connectivity index (χ1v) is 31.9. The van der Waals surface area contributed by atoms with Gasteiger partial charge in [-0.05, 0) is 111 Å². The third-order valence-corrected chi connectivity index (χ3v) is 19.5. The van der Waals surface area contributed by atoms with Crippen LogP contribution >= 0.6 is 0 Å². The van der Waals surface area contributed by atoms with E-state index in [1.807, 2.05) is 13.8 Å². The number of anilines is 1. The monoisotopic (exact) mass is 1330 g/mol. The van der Waals surface area contributed by atoms with Crippen molar-refractivity contribution in [2.45, 2.75) is 148 Å². The van der Waals surface area contributed by atoms with Gasteiger partial charge in [-0.15, -0.1) is 0 Å². The van der Waals surface area contributed by atoms with Crippen molar-refractivity contribution >= 4 is 58.1 Å². The number of rotatable bonds is 19. The summed E-state index contributed by atoms with van der Waals surface area (Å²) in [5.41, 5.74) is -7.02. The molecule has 4 aliphatic carbocycles. The topological polar surface area (TPSA) is 302 Å². The van der Waals surface area contributed by atoms with Crippen LogP contribution < -0.4 is 21.4 Å². The van der Waals surface area contributed by atoms with Gasteiger partial charge >= 0.3 is 23.9 Å². The summed E-state index contributed by atoms with van der Waals surface area (Å²) in [6.45, 7) is 12.7. The number of aliphatic hydroxyl groups is 3. The Kier molecular flexibility index (Phi) is 19.0. The maximum absolute atomic E-state index is 16.6. The second kappa shape index (κ2) is 26.8. The van der Waals surface area contributed by atoms with Gasteiger partial charge < -0.3 is 64.1 Å². The highest BCUT2D eigenvalue weighted by Gasteiger charge is 2.79. The van der Waals surface area contributed by atoms with Crippen LogP contribution in [0.25, 0.3) is 33.4 Å². The SMILES string of the molecule is CC(=O)O[C@H]1C(=O)[C@@]2(C)C([C@H](OC(=O)c3ccccc3)[C@]3(O)C[C@H](OC(O)[C@H](O)[C@@H](NC(=O)c4ccccc4)c4ccccc4)C(C)=C1C3(C)C)[C@]1(OC(C)=O)CO[C@@H]1C[C@@H]2OC(=O)CCNC(=O)c1ccc(-c2c3cc(F)c(=O)cc-3oc3cc(NC(C)C)c(F)cc23)c(C)c1. The van der Waals surface area contributed by atoms with Crippen molar-refractivity contribution in [2.24, 2.45) is 16.7 Å². The van der Waals surface area contributed by atoms with E-state index in [0.717, 1.165) is 26.0 Å². The van der Waals surface area contributed by atoms with Gasteiger partial charge in [0.1, 0.15) is 47.2 Å². The van der Waals surface area contributed by atoms with Crippen LogP contribution in [-0.4, -0.2) is 130 Å². The molecule has 2 amide bonds. The maximum Gasteiger partial charge on any atom is 0.338 e. The Morgan fingerprint density at radius 3 is 2.02 bits per heavy atom. The molecule has 6 N–H and O–H groups in total. The molecule has 2 unspecified atom stereocenters. The van der Waals surface area contributed by atoms with Gasteiger partial charge in [0.2, 0.25) is 5.43 Å². The van der Waals surface area contributed by atoms with Crippen LogP contribution in [0.3, 0.4) is 0 Å². The van der Waals surface area contributed by atoms with Gasteiger partial charge in [-0.1, -0.05) is 86.6 Å².